The normalized spacial score (nSPS) is 12.1. The maximum atomic E-state index is 11.7. The van der Waals surface area contributed by atoms with Crippen LogP contribution in [0.15, 0.2) is 30.3 Å². The molecule has 2 nitrogen and oxygen atoms in total. The van der Waals surface area contributed by atoms with Crippen molar-refractivity contribution >= 4 is 5.97 Å². The summed E-state index contributed by atoms with van der Waals surface area (Å²) >= 11 is 0. The topological polar surface area (TPSA) is 26.3 Å². The average Bonchev–Trinajstić information content (AvgIpc) is 2.64. The van der Waals surface area contributed by atoms with Crippen molar-refractivity contribution in [3.05, 3.63) is 35.9 Å². The fourth-order valence-electron chi connectivity index (χ4n) is 3.16. The van der Waals surface area contributed by atoms with Gasteiger partial charge in [0.2, 0.25) is 0 Å². The summed E-state index contributed by atoms with van der Waals surface area (Å²) in [5.74, 6) is 0.620. The van der Waals surface area contributed by atoms with Crippen LogP contribution < -0.4 is 0 Å². The molecule has 0 fully saturated rings. The molecular weight excluding hydrogens is 308 g/mol. The van der Waals surface area contributed by atoms with Gasteiger partial charge in [0.05, 0.1) is 6.61 Å². The lowest BCUT2D eigenvalue weighted by Gasteiger charge is -2.11. The van der Waals surface area contributed by atoms with Gasteiger partial charge in [-0.2, -0.15) is 0 Å². The molecule has 0 radical (unpaired) electrons. The molecule has 0 aliphatic heterocycles. The van der Waals surface area contributed by atoms with Crippen molar-refractivity contribution in [2.75, 3.05) is 6.61 Å². The molecule has 0 amide bonds. The van der Waals surface area contributed by atoms with Gasteiger partial charge in [-0.25, -0.2) is 0 Å². The highest BCUT2D eigenvalue weighted by Crippen LogP contribution is 2.21. The number of unbranched alkanes of at least 4 members (excludes halogenated alkanes) is 8. The maximum Gasteiger partial charge on any atom is 0.305 e. The van der Waals surface area contributed by atoms with E-state index in [1.807, 2.05) is 0 Å². The zero-order chi connectivity index (χ0) is 18.2. The van der Waals surface area contributed by atoms with Gasteiger partial charge in [-0.1, -0.05) is 95.5 Å². The van der Waals surface area contributed by atoms with Gasteiger partial charge in [0.25, 0.3) is 0 Å². The smallest absolute Gasteiger partial charge is 0.305 e. The van der Waals surface area contributed by atoms with Crippen molar-refractivity contribution in [3.63, 3.8) is 0 Å². The second kappa shape index (κ2) is 15.0. The number of benzene rings is 1. The Morgan fingerprint density at radius 3 is 2.28 bits per heavy atom. The van der Waals surface area contributed by atoms with Crippen LogP contribution in [-0.2, 0) is 9.53 Å². The number of ether oxygens (including phenoxy) is 1. The lowest BCUT2D eigenvalue weighted by Crippen LogP contribution is -2.05. The summed E-state index contributed by atoms with van der Waals surface area (Å²) in [4.78, 5) is 11.7. The summed E-state index contributed by atoms with van der Waals surface area (Å²) in [7, 11) is 0. The van der Waals surface area contributed by atoms with Crippen molar-refractivity contribution in [1.82, 2.24) is 0 Å². The zero-order valence-corrected chi connectivity index (χ0v) is 16.5. The van der Waals surface area contributed by atoms with E-state index in [1.165, 1.54) is 56.9 Å². The van der Waals surface area contributed by atoms with Gasteiger partial charge in [0.1, 0.15) is 0 Å². The Morgan fingerprint density at radius 1 is 0.880 bits per heavy atom. The second-order valence-electron chi connectivity index (χ2n) is 7.25. The molecule has 0 N–H and O–H groups in total. The summed E-state index contributed by atoms with van der Waals surface area (Å²) in [6, 6.07) is 10.7. The molecule has 0 aromatic heterocycles. The minimum absolute atomic E-state index is 0.00814. The number of hydrogen-bond donors (Lipinski definition) is 0. The molecule has 1 aromatic rings. The number of carbonyl (C=O) groups is 1. The van der Waals surface area contributed by atoms with E-state index in [1.54, 1.807) is 0 Å². The van der Waals surface area contributed by atoms with Gasteiger partial charge < -0.3 is 4.74 Å². The number of hydrogen-bond acceptors (Lipinski definition) is 2. The van der Waals surface area contributed by atoms with Crippen LogP contribution in [0, 0.1) is 0 Å². The molecule has 0 aliphatic carbocycles. The van der Waals surface area contributed by atoms with Crippen LogP contribution in [-0.4, -0.2) is 12.6 Å². The van der Waals surface area contributed by atoms with Crippen molar-refractivity contribution in [2.45, 2.75) is 96.8 Å². The fraction of sp³-hybridized carbons (Fsp3) is 0.696. The zero-order valence-electron chi connectivity index (χ0n) is 16.5. The Kier molecular flexibility index (Phi) is 13.0. The van der Waals surface area contributed by atoms with E-state index in [0.717, 1.165) is 19.3 Å². The highest BCUT2D eigenvalue weighted by molar-refractivity contribution is 5.69. The summed E-state index contributed by atoms with van der Waals surface area (Å²) < 4.78 is 5.31. The van der Waals surface area contributed by atoms with E-state index in [-0.39, 0.29) is 5.97 Å². The molecular formula is C23H38O2. The third-order valence-electron chi connectivity index (χ3n) is 4.90. The first-order valence-electron chi connectivity index (χ1n) is 10.4. The Bertz CT molecular complexity index is 427. The fourth-order valence-corrected chi connectivity index (χ4v) is 3.16. The van der Waals surface area contributed by atoms with Crippen LogP contribution in [0.1, 0.15) is 102 Å². The monoisotopic (exact) mass is 346 g/mol. The molecule has 0 heterocycles. The largest absolute Gasteiger partial charge is 0.466 e. The number of carbonyl (C=O) groups excluding carboxylic acids is 1. The van der Waals surface area contributed by atoms with E-state index in [4.69, 9.17) is 4.74 Å². The minimum Gasteiger partial charge on any atom is -0.466 e. The summed E-state index contributed by atoms with van der Waals surface area (Å²) in [5.41, 5.74) is 1.43. The third-order valence-corrected chi connectivity index (χ3v) is 4.90. The molecule has 142 valence electrons. The van der Waals surface area contributed by atoms with Crippen LogP contribution >= 0.6 is 0 Å². The highest BCUT2D eigenvalue weighted by Gasteiger charge is 2.05. The Balaban J connectivity index is 1.89. The maximum absolute atomic E-state index is 11.7. The Morgan fingerprint density at radius 2 is 1.52 bits per heavy atom. The van der Waals surface area contributed by atoms with Crippen LogP contribution in [0.3, 0.4) is 0 Å². The van der Waals surface area contributed by atoms with Crippen molar-refractivity contribution in [3.8, 4) is 0 Å². The molecule has 0 bridgehead atoms. The predicted molar refractivity (Wildman–Crippen MR) is 107 cm³/mol. The minimum atomic E-state index is -0.00814. The standard InChI is InChI=1S/C23H38O2/c1-3-4-5-6-9-15-20-25-23(24)19-14-8-7-11-16-21(2)22-17-12-10-13-18-22/h10,12-13,17-18,21H,3-9,11,14-16,19-20H2,1-2H3. The average molecular weight is 347 g/mol. The number of esters is 1. The first-order chi connectivity index (χ1) is 12.2. The van der Waals surface area contributed by atoms with Gasteiger partial charge in [-0.15, -0.1) is 0 Å². The first-order valence-corrected chi connectivity index (χ1v) is 10.4. The lowest BCUT2D eigenvalue weighted by molar-refractivity contribution is -0.143. The summed E-state index contributed by atoms with van der Waals surface area (Å²) in [5, 5.41) is 0. The van der Waals surface area contributed by atoms with Crippen LogP contribution in [0.4, 0.5) is 0 Å². The van der Waals surface area contributed by atoms with Gasteiger partial charge in [0, 0.05) is 6.42 Å². The molecule has 1 atom stereocenters. The van der Waals surface area contributed by atoms with Gasteiger partial charge in [-0.3, -0.25) is 4.79 Å². The van der Waals surface area contributed by atoms with E-state index in [2.05, 4.69) is 44.2 Å². The van der Waals surface area contributed by atoms with Crippen LogP contribution in [0.25, 0.3) is 0 Å². The quantitative estimate of drug-likeness (QED) is 0.251. The molecule has 1 aromatic carbocycles. The molecule has 0 saturated carbocycles. The predicted octanol–water partition coefficient (Wildman–Crippen LogP) is 7.03. The molecule has 0 spiro atoms. The molecule has 0 aliphatic rings. The molecule has 25 heavy (non-hydrogen) atoms. The molecule has 2 heteroatoms. The molecule has 0 saturated heterocycles. The van der Waals surface area contributed by atoms with E-state index >= 15 is 0 Å². The SMILES string of the molecule is CCCCCCCCOC(=O)CCCCCCC(C)c1ccccc1. The van der Waals surface area contributed by atoms with Gasteiger partial charge in [0.15, 0.2) is 0 Å². The number of rotatable bonds is 15. The van der Waals surface area contributed by atoms with E-state index in [0.29, 0.717) is 18.9 Å². The first kappa shape index (κ1) is 21.7. The lowest BCUT2D eigenvalue weighted by atomic mass is 9.95. The molecule has 1 rings (SSSR count). The van der Waals surface area contributed by atoms with Gasteiger partial charge in [-0.05, 0) is 30.7 Å². The van der Waals surface area contributed by atoms with Crippen molar-refractivity contribution < 1.29 is 9.53 Å². The third kappa shape index (κ3) is 11.8. The van der Waals surface area contributed by atoms with Crippen molar-refractivity contribution in [2.24, 2.45) is 0 Å². The second-order valence-corrected chi connectivity index (χ2v) is 7.25. The van der Waals surface area contributed by atoms with Crippen LogP contribution in [0.2, 0.25) is 0 Å². The van der Waals surface area contributed by atoms with Crippen molar-refractivity contribution in [1.29, 1.82) is 0 Å². The van der Waals surface area contributed by atoms with E-state index in [9.17, 15) is 4.79 Å². The highest BCUT2D eigenvalue weighted by atomic mass is 16.5. The Hall–Kier alpha value is -1.31. The van der Waals surface area contributed by atoms with Crippen LogP contribution in [0.5, 0.6) is 0 Å². The summed E-state index contributed by atoms with van der Waals surface area (Å²) in [6.45, 7) is 5.14. The van der Waals surface area contributed by atoms with E-state index < -0.39 is 0 Å². The van der Waals surface area contributed by atoms with Gasteiger partial charge >= 0.3 is 5.97 Å². The molecule has 1 unspecified atom stereocenters. The Labute approximate surface area is 155 Å². The summed E-state index contributed by atoms with van der Waals surface area (Å²) in [6.07, 6.45) is 13.8.